The predicted octanol–water partition coefficient (Wildman–Crippen LogP) is 4.44. The molecule has 38 heavy (non-hydrogen) atoms. The zero-order valence-corrected chi connectivity index (χ0v) is 22.2. The Labute approximate surface area is 226 Å². The van der Waals surface area contributed by atoms with Crippen LogP contribution in [0.15, 0.2) is 54.1 Å². The standard InChI is InChI=1S/C27H33N7O3S/c35-25(22-6-4-20(5-7-22)17-33-12-2-1-3-13-33)31-24-9-8-23(16-28-24)37-27(36)34-14-10-21(11-15-34)18-38-26-29-19-30-32-26/h4-9,16,19,21H,1-3,10-15,17-18H2,(H,28,31,35)(H,29,30,32). The van der Waals surface area contributed by atoms with Crippen molar-refractivity contribution in [2.45, 2.75) is 43.8 Å². The van der Waals surface area contributed by atoms with Crippen LogP contribution in [0.4, 0.5) is 10.6 Å². The van der Waals surface area contributed by atoms with E-state index < -0.39 is 0 Å². The molecule has 0 aliphatic carbocycles. The van der Waals surface area contributed by atoms with Crippen molar-refractivity contribution >= 4 is 29.6 Å². The topological polar surface area (TPSA) is 116 Å². The number of amides is 2. The summed E-state index contributed by atoms with van der Waals surface area (Å²) in [5.41, 5.74) is 1.79. The van der Waals surface area contributed by atoms with Crippen molar-refractivity contribution in [2.24, 2.45) is 5.92 Å². The Balaban J connectivity index is 1.05. The van der Waals surface area contributed by atoms with E-state index in [2.05, 4.69) is 30.4 Å². The number of anilines is 1. The summed E-state index contributed by atoms with van der Waals surface area (Å²) in [6.45, 7) is 4.50. The van der Waals surface area contributed by atoms with Crippen molar-refractivity contribution in [1.82, 2.24) is 30.0 Å². The minimum Gasteiger partial charge on any atom is -0.409 e. The molecule has 2 aliphatic rings. The third-order valence-corrected chi connectivity index (χ3v) is 8.06. The van der Waals surface area contributed by atoms with Crippen LogP contribution in [-0.2, 0) is 6.54 Å². The highest BCUT2D eigenvalue weighted by Crippen LogP contribution is 2.25. The van der Waals surface area contributed by atoms with E-state index >= 15 is 0 Å². The van der Waals surface area contributed by atoms with Gasteiger partial charge in [-0.15, -0.1) is 5.10 Å². The van der Waals surface area contributed by atoms with Gasteiger partial charge in [0.1, 0.15) is 12.1 Å². The van der Waals surface area contributed by atoms with Gasteiger partial charge in [-0.2, -0.15) is 0 Å². The van der Waals surface area contributed by atoms with Crippen LogP contribution in [0, 0.1) is 5.92 Å². The van der Waals surface area contributed by atoms with Crippen LogP contribution in [0.25, 0.3) is 0 Å². The number of pyridine rings is 1. The summed E-state index contributed by atoms with van der Waals surface area (Å²) in [6, 6.07) is 11.0. The third kappa shape index (κ3) is 7.32. The zero-order valence-electron chi connectivity index (χ0n) is 21.3. The van der Waals surface area contributed by atoms with E-state index in [-0.39, 0.29) is 12.0 Å². The first-order chi connectivity index (χ1) is 18.6. The fourth-order valence-electron chi connectivity index (χ4n) is 4.75. The van der Waals surface area contributed by atoms with Gasteiger partial charge < -0.3 is 15.0 Å². The number of piperidine rings is 2. The summed E-state index contributed by atoms with van der Waals surface area (Å²) in [5, 5.41) is 10.3. The van der Waals surface area contributed by atoms with Crippen molar-refractivity contribution in [2.75, 3.05) is 37.2 Å². The maximum Gasteiger partial charge on any atom is 0.415 e. The number of nitrogens with zero attached hydrogens (tertiary/aromatic N) is 5. The van der Waals surface area contributed by atoms with Gasteiger partial charge in [-0.05, 0) is 74.5 Å². The van der Waals surface area contributed by atoms with Crippen molar-refractivity contribution in [1.29, 1.82) is 0 Å². The van der Waals surface area contributed by atoms with Gasteiger partial charge in [0.25, 0.3) is 5.91 Å². The molecule has 10 nitrogen and oxygen atoms in total. The Bertz CT molecular complexity index is 1170. The number of aromatic amines is 1. The summed E-state index contributed by atoms with van der Waals surface area (Å²) in [5.74, 6) is 1.96. The van der Waals surface area contributed by atoms with Crippen molar-refractivity contribution in [3.63, 3.8) is 0 Å². The molecule has 2 aromatic heterocycles. The van der Waals surface area contributed by atoms with Crippen LogP contribution >= 0.6 is 11.8 Å². The Hall–Kier alpha value is -3.44. The lowest BCUT2D eigenvalue weighted by Gasteiger charge is -2.30. The van der Waals surface area contributed by atoms with Gasteiger partial charge in [-0.1, -0.05) is 30.3 Å². The molecule has 0 bridgehead atoms. The van der Waals surface area contributed by atoms with Gasteiger partial charge in [0.15, 0.2) is 5.75 Å². The molecule has 0 spiro atoms. The number of likely N-dealkylation sites (tertiary alicyclic amines) is 2. The number of H-pyrrole nitrogens is 1. The Morgan fingerprint density at radius 1 is 1.00 bits per heavy atom. The molecule has 0 unspecified atom stereocenters. The molecule has 0 atom stereocenters. The molecule has 2 aliphatic heterocycles. The van der Waals surface area contributed by atoms with Crippen LogP contribution in [0.2, 0.25) is 0 Å². The van der Waals surface area contributed by atoms with Gasteiger partial charge >= 0.3 is 6.09 Å². The first-order valence-corrected chi connectivity index (χ1v) is 14.1. The third-order valence-electron chi connectivity index (χ3n) is 6.97. The molecular formula is C27H33N7O3S. The lowest BCUT2D eigenvalue weighted by atomic mass is 9.99. The van der Waals surface area contributed by atoms with E-state index in [9.17, 15) is 9.59 Å². The average Bonchev–Trinajstić information content (AvgIpc) is 3.48. The highest BCUT2D eigenvalue weighted by molar-refractivity contribution is 7.99. The second-order valence-electron chi connectivity index (χ2n) is 9.76. The summed E-state index contributed by atoms with van der Waals surface area (Å²) in [4.78, 5) is 37.8. The maximum absolute atomic E-state index is 12.7. The first-order valence-electron chi connectivity index (χ1n) is 13.2. The van der Waals surface area contributed by atoms with E-state index in [0.717, 1.165) is 43.4 Å². The van der Waals surface area contributed by atoms with Crippen LogP contribution in [0.1, 0.15) is 48.0 Å². The summed E-state index contributed by atoms with van der Waals surface area (Å²) < 4.78 is 5.51. The second-order valence-corrected chi connectivity index (χ2v) is 10.7. The SMILES string of the molecule is O=C(Nc1ccc(OC(=O)N2CCC(CSc3nc[nH]n3)CC2)cn1)c1ccc(CN2CCCCC2)cc1. The number of nitrogens with one attached hydrogen (secondary N) is 2. The summed E-state index contributed by atoms with van der Waals surface area (Å²) in [6.07, 6.45) is 8.31. The first kappa shape index (κ1) is 26.2. The highest BCUT2D eigenvalue weighted by Gasteiger charge is 2.24. The average molecular weight is 536 g/mol. The number of hydrogen-bond acceptors (Lipinski definition) is 8. The number of hydrogen-bond donors (Lipinski definition) is 2. The Morgan fingerprint density at radius 2 is 1.79 bits per heavy atom. The molecule has 200 valence electrons. The summed E-state index contributed by atoms with van der Waals surface area (Å²) in [7, 11) is 0. The molecule has 2 N–H and O–H groups in total. The zero-order chi connectivity index (χ0) is 26.2. The van der Waals surface area contributed by atoms with Gasteiger partial charge in [0.2, 0.25) is 5.16 Å². The molecule has 3 aromatic rings. The maximum atomic E-state index is 12.7. The van der Waals surface area contributed by atoms with E-state index in [1.807, 2.05) is 24.3 Å². The van der Waals surface area contributed by atoms with Crippen molar-refractivity contribution in [3.05, 3.63) is 60.0 Å². The number of rotatable bonds is 8. The van der Waals surface area contributed by atoms with E-state index in [0.29, 0.717) is 36.1 Å². The number of aromatic nitrogens is 4. The minimum atomic E-state index is -0.381. The number of thioether (sulfide) groups is 1. The molecule has 0 saturated carbocycles. The monoisotopic (exact) mass is 535 g/mol. The van der Waals surface area contributed by atoms with E-state index in [1.54, 1.807) is 35.1 Å². The normalized spacial score (nSPS) is 16.8. The predicted molar refractivity (Wildman–Crippen MR) is 145 cm³/mol. The van der Waals surface area contributed by atoms with E-state index in [1.165, 1.54) is 31.0 Å². The smallest absolute Gasteiger partial charge is 0.409 e. The van der Waals surface area contributed by atoms with E-state index in [4.69, 9.17) is 4.74 Å². The highest BCUT2D eigenvalue weighted by atomic mass is 32.2. The van der Waals surface area contributed by atoms with Crippen molar-refractivity contribution < 1.29 is 14.3 Å². The number of ether oxygens (including phenoxy) is 1. The molecule has 11 heteroatoms. The van der Waals surface area contributed by atoms with Crippen LogP contribution in [0.3, 0.4) is 0 Å². The molecule has 2 fully saturated rings. The summed E-state index contributed by atoms with van der Waals surface area (Å²) >= 11 is 1.63. The van der Waals surface area contributed by atoms with Crippen LogP contribution in [0.5, 0.6) is 5.75 Å². The molecule has 0 radical (unpaired) electrons. The van der Waals surface area contributed by atoms with Gasteiger partial charge in [-0.25, -0.2) is 14.8 Å². The second kappa shape index (κ2) is 12.9. The lowest BCUT2D eigenvalue weighted by molar-refractivity contribution is 0.102. The van der Waals surface area contributed by atoms with Gasteiger partial charge in [0.05, 0.1) is 6.20 Å². The molecular weight excluding hydrogens is 502 g/mol. The van der Waals surface area contributed by atoms with Crippen molar-refractivity contribution in [3.8, 4) is 5.75 Å². The number of benzene rings is 1. The minimum absolute atomic E-state index is 0.226. The fourth-order valence-corrected chi connectivity index (χ4v) is 5.71. The lowest BCUT2D eigenvalue weighted by Crippen LogP contribution is -2.40. The van der Waals surface area contributed by atoms with Gasteiger partial charge in [-0.3, -0.25) is 14.8 Å². The van der Waals surface area contributed by atoms with Gasteiger partial charge in [0, 0.05) is 31.0 Å². The molecule has 4 heterocycles. The molecule has 1 aromatic carbocycles. The number of carbonyl (C=O) groups is 2. The largest absolute Gasteiger partial charge is 0.415 e. The Kier molecular flexibility index (Phi) is 8.87. The van der Waals surface area contributed by atoms with Crippen LogP contribution in [-0.4, -0.2) is 73.9 Å². The fraction of sp³-hybridized carbons (Fsp3) is 0.444. The number of carbonyl (C=O) groups excluding carboxylic acids is 2. The molecule has 5 rings (SSSR count). The quantitative estimate of drug-likeness (QED) is 0.407. The molecule has 2 amide bonds. The Morgan fingerprint density at radius 3 is 2.47 bits per heavy atom. The molecule has 2 saturated heterocycles. The van der Waals surface area contributed by atoms with Crippen LogP contribution < -0.4 is 10.1 Å².